The Hall–Kier alpha value is 2.13. The van der Waals surface area contributed by atoms with E-state index in [-0.39, 0.29) is 72.9 Å². The van der Waals surface area contributed by atoms with E-state index in [1.807, 2.05) is 0 Å². The molecule has 0 aliphatic heterocycles. The van der Waals surface area contributed by atoms with Crippen molar-refractivity contribution in [2.24, 2.45) is 0 Å². The maximum atomic E-state index is 0. The Bertz CT molecular complexity index is 8.00. The molecule has 0 aromatic rings. The van der Waals surface area contributed by atoms with Crippen LogP contribution in [0.4, 0.5) is 0 Å². The fourth-order valence-corrected chi connectivity index (χ4v) is 0. The van der Waals surface area contributed by atoms with E-state index in [9.17, 15) is 0 Å². The molecular formula is AlCrOY+7. The first-order valence-corrected chi connectivity index (χ1v) is 0. The Labute approximate surface area is 72.0 Å². The van der Waals surface area contributed by atoms with Gasteiger partial charge < -0.3 is 5.48 Å². The first-order valence-electron chi connectivity index (χ1n) is 0. The van der Waals surface area contributed by atoms with Crippen molar-refractivity contribution in [3.63, 3.8) is 0 Å². The van der Waals surface area contributed by atoms with Crippen molar-refractivity contribution in [2.45, 2.75) is 0 Å². The average molecular weight is 184 g/mol. The van der Waals surface area contributed by atoms with Crippen molar-refractivity contribution in [3.05, 3.63) is 0 Å². The zero-order valence-corrected chi connectivity index (χ0v) is 7.24. The first-order chi connectivity index (χ1) is 0. The van der Waals surface area contributed by atoms with Crippen LogP contribution in [0.3, 0.4) is 0 Å². The van der Waals surface area contributed by atoms with Gasteiger partial charge in [0.15, 0.2) is 0 Å². The van der Waals surface area contributed by atoms with E-state index in [2.05, 4.69) is 0 Å². The van der Waals surface area contributed by atoms with Crippen molar-refractivity contribution < 1.29 is 55.5 Å². The van der Waals surface area contributed by atoms with Gasteiger partial charge >= 0.3 is 67.4 Å². The Balaban J connectivity index is 0. The van der Waals surface area contributed by atoms with Gasteiger partial charge in [0.05, 0.1) is 0 Å². The molecule has 0 fully saturated rings. The minimum absolute atomic E-state index is 0. The molecule has 0 atom stereocenters. The minimum atomic E-state index is 0. The summed E-state index contributed by atoms with van der Waals surface area (Å²) in [6.45, 7) is 0. The molecule has 0 aromatic carbocycles. The number of rotatable bonds is 0. The van der Waals surface area contributed by atoms with Crippen LogP contribution in [0.15, 0.2) is 0 Å². The molecule has 0 aliphatic rings. The number of hydrogen-bond donors (Lipinski definition) is 0. The topological polar surface area (TPSA) is 28.5 Å². The van der Waals surface area contributed by atoms with Crippen LogP contribution in [-0.2, 0) is 55.5 Å². The third-order valence-corrected chi connectivity index (χ3v) is 0. The fourth-order valence-electron chi connectivity index (χ4n) is 0. The smallest absolute Gasteiger partial charge is 2.00 e. The molecule has 1 radical (unpaired) electrons. The summed E-state index contributed by atoms with van der Waals surface area (Å²) in [4.78, 5) is 0. The van der Waals surface area contributed by atoms with Crippen molar-refractivity contribution in [3.8, 4) is 0 Å². The standard InChI is InChI=1S/Al.Cr.O.Y/q2*+3;-2;+3. The SMILES string of the molecule is [Al+3].[Cr+3].[O-2].[Y+3]. The van der Waals surface area contributed by atoms with Crippen molar-refractivity contribution in [1.82, 2.24) is 0 Å². The van der Waals surface area contributed by atoms with E-state index in [0.717, 1.165) is 0 Å². The Kier molecular flexibility index (Phi) is 172. The molecule has 0 aliphatic carbocycles. The molecule has 11 valence electrons. The number of hydrogen-bond acceptors (Lipinski definition) is 0. The minimum Gasteiger partial charge on any atom is -2.00 e. The average Bonchev–Trinajstić information content (AvgIpc) is 0. The van der Waals surface area contributed by atoms with Gasteiger partial charge in [0.25, 0.3) is 0 Å². The molecule has 0 saturated carbocycles. The molecule has 1 nitrogen and oxygen atoms in total. The Morgan fingerprint density at radius 2 is 1.00 bits per heavy atom. The molecule has 0 spiro atoms. The van der Waals surface area contributed by atoms with E-state index < -0.39 is 0 Å². The predicted molar refractivity (Wildman–Crippen MR) is 6.44 cm³/mol. The van der Waals surface area contributed by atoms with Crippen molar-refractivity contribution in [2.75, 3.05) is 0 Å². The summed E-state index contributed by atoms with van der Waals surface area (Å²) in [5.41, 5.74) is 0. The third-order valence-electron chi connectivity index (χ3n) is 0. The van der Waals surface area contributed by atoms with Crippen LogP contribution in [0.25, 0.3) is 0 Å². The zero-order valence-electron chi connectivity index (χ0n) is 1.97. The summed E-state index contributed by atoms with van der Waals surface area (Å²) in [5.74, 6) is 0. The van der Waals surface area contributed by atoms with Gasteiger partial charge in [-0.2, -0.15) is 0 Å². The molecule has 0 unspecified atom stereocenters. The van der Waals surface area contributed by atoms with E-state index in [4.69, 9.17) is 0 Å². The summed E-state index contributed by atoms with van der Waals surface area (Å²) in [6.07, 6.45) is 0. The van der Waals surface area contributed by atoms with Crippen LogP contribution in [-0.4, -0.2) is 17.4 Å². The summed E-state index contributed by atoms with van der Waals surface area (Å²) in [5, 5.41) is 0. The van der Waals surface area contributed by atoms with E-state index >= 15 is 0 Å². The second-order valence-corrected chi connectivity index (χ2v) is 0. The first kappa shape index (κ1) is 35.6. The van der Waals surface area contributed by atoms with Gasteiger partial charge in [-0.05, 0) is 0 Å². The van der Waals surface area contributed by atoms with Gasteiger partial charge in [0.1, 0.15) is 0 Å². The van der Waals surface area contributed by atoms with Gasteiger partial charge in [0, 0.05) is 0 Å². The van der Waals surface area contributed by atoms with Gasteiger partial charge in [-0.1, -0.05) is 0 Å². The molecule has 0 bridgehead atoms. The van der Waals surface area contributed by atoms with Crippen LogP contribution in [0.1, 0.15) is 0 Å². The molecule has 0 amide bonds. The summed E-state index contributed by atoms with van der Waals surface area (Å²) in [7, 11) is 0. The molecular weight excluding hydrogens is 184 g/mol. The van der Waals surface area contributed by atoms with Crippen LogP contribution < -0.4 is 0 Å². The molecule has 0 heterocycles. The van der Waals surface area contributed by atoms with Gasteiger partial charge in [-0.3, -0.25) is 0 Å². The monoisotopic (exact) mass is 184 g/mol. The van der Waals surface area contributed by atoms with Crippen LogP contribution >= 0.6 is 0 Å². The zero-order chi connectivity index (χ0) is 0. The van der Waals surface area contributed by atoms with Crippen molar-refractivity contribution >= 4 is 17.4 Å². The third kappa shape index (κ3) is 8.92. The van der Waals surface area contributed by atoms with Crippen molar-refractivity contribution in [1.29, 1.82) is 0 Å². The molecule has 0 rings (SSSR count). The van der Waals surface area contributed by atoms with Gasteiger partial charge in [-0.15, -0.1) is 0 Å². The predicted octanol–water partition coefficient (Wildman–Crippen LogP) is -0.505. The van der Waals surface area contributed by atoms with Crippen LogP contribution in [0.2, 0.25) is 0 Å². The Morgan fingerprint density at radius 3 is 1.00 bits per heavy atom. The summed E-state index contributed by atoms with van der Waals surface area (Å²) >= 11 is 0. The normalized spacial score (nSPS) is 0. The van der Waals surface area contributed by atoms with E-state index in [0.29, 0.717) is 0 Å². The fraction of sp³-hybridized carbons (Fsp3) is 0. The van der Waals surface area contributed by atoms with Crippen LogP contribution in [0, 0.1) is 0 Å². The van der Waals surface area contributed by atoms with Gasteiger partial charge in [-0.25, -0.2) is 0 Å². The van der Waals surface area contributed by atoms with Gasteiger partial charge in [0.2, 0.25) is 0 Å². The molecule has 0 saturated heterocycles. The molecule has 0 aromatic heterocycles. The molecule has 4 heteroatoms. The molecule has 0 N–H and O–H groups in total. The largest absolute Gasteiger partial charge is 3.00 e. The molecule has 4 heavy (non-hydrogen) atoms. The van der Waals surface area contributed by atoms with E-state index in [1.54, 1.807) is 0 Å². The van der Waals surface area contributed by atoms with Crippen LogP contribution in [0.5, 0.6) is 0 Å². The maximum absolute atomic E-state index is 0. The maximum Gasteiger partial charge on any atom is 3.00 e. The Morgan fingerprint density at radius 1 is 1.00 bits per heavy atom. The second-order valence-electron chi connectivity index (χ2n) is 0. The van der Waals surface area contributed by atoms with E-state index in [1.165, 1.54) is 0 Å². The quantitative estimate of drug-likeness (QED) is 0.454. The summed E-state index contributed by atoms with van der Waals surface area (Å²) < 4.78 is 0. The second kappa shape index (κ2) is 19.3. The summed E-state index contributed by atoms with van der Waals surface area (Å²) in [6, 6.07) is 0.